The molecule has 0 spiro atoms. The minimum atomic E-state index is -4.80. The second-order valence-electron chi connectivity index (χ2n) is 4.29. The lowest BCUT2D eigenvalue weighted by Gasteiger charge is -2.23. The van der Waals surface area contributed by atoms with Crippen molar-refractivity contribution in [2.24, 2.45) is 0 Å². The van der Waals surface area contributed by atoms with Crippen LogP contribution in [-0.4, -0.2) is 11.1 Å². The highest BCUT2D eigenvalue weighted by molar-refractivity contribution is 7.61. The van der Waals surface area contributed by atoms with E-state index in [9.17, 15) is 22.6 Å². The molecule has 0 aliphatic rings. The maximum atomic E-state index is 13.1. The maximum Gasteiger partial charge on any atom is 0.419 e. The summed E-state index contributed by atoms with van der Waals surface area (Å²) in [6, 6.07) is 13.7. The predicted octanol–water partition coefficient (Wildman–Crippen LogP) is 3.82. The highest BCUT2D eigenvalue weighted by atomic mass is 31.2. The van der Waals surface area contributed by atoms with Gasteiger partial charge in [0.05, 0.1) is 5.30 Å². The molecule has 1 unspecified atom stereocenters. The Kier molecular flexibility index (Phi) is 4.52. The summed E-state index contributed by atoms with van der Waals surface area (Å²) in [5.74, 6) is 0. The molecule has 0 aromatic heterocycles. The number of hydrogen-bond donors (Lipinski definition) is 1. The van der Waals surface area contributed by atoms with Crippen LogP contribution in [-0.2, 0) is 9.09 Å². The number of benzene rings is 2. The molecule has 0 amide bonds. The third-order valence-electron chi connectivity index (χ3n) is 2.73. The van der Waals surface area contributed by atoms with Crippen molar-refractivity contribution >= 4 is 12.9 Å². The van der Waals surface area contributed by atoms with Gasteiger partial charge in [0.2, 0.25) is 0 Å². The summed E-state index contributed by atoms with van der Waals surface area (Å²) in [4.78, 5) is 9.81. The zero-order valence-electron chi connectivity index (χ0n) is 10.7. The van der Waals surface area contributed by atoms with Gasteiger partial charge in [-0.05, 0) is 17.7 Å². The Bertz CT molecular complexity index is 629. The van der Waals surface area contributed by atoms with Crippen LogP contribution in [0.1, 0.15) is 11.7 Å². The van der Waals surface area contributed by atoms with E-state index in [1.54, 1.807) is 12.1 Å². The molecule has 0 aliphatic carbocycles. The number of halogens is 3. The van der Waals surface area contributed by atoms with Crippen molar-refractivity contribution in [3.8, 4) is 0 Å². The summed E-state index contributed by atoms with van der Waals surface area (Å²) >= 11 is 0. The average molecular weight is 316 g/mol. The molecule has 0 heterocycles. The van der Waals surface area contributed by atoms with Crippen molar-refractivity contribution in [3.63, 3.8) is 0 Å². The number of alkyl halides is 3. The molecule has 0 aliphatic heterocycles. The van der Waals surface area contributed by atoms with Crippen LogP contribution in [0.15, 0.2) is 60.7 Å². The fourth-order valence-corrected chi connectivity index (χ4v) is 2.96. The molecule has 0 saturated carbocycles. The first-order chi connectivity index (χ1) is 9.81. The van der Waals surface area contributed by atoms with Gasteiger partial charge in [-0.3, -0.25) is 9.09 Å². The van der Waals surface area contributed by atoms with Crippen LogP contribution < -0.4 is 5.30 Å². The van der Waals surface area contributed by atoms with Crippen LogP contribution in [0.5, 0.6) is 0 Å². The van der Waals surface area contributed by atoms with Gasteiger partial charge in [-0.15, -0.1) is 0 Å². The van der Waals surface area contributed by atoms with Crippen LogP contribution in [0.3, 0.4) is 0 Å². The maximum absolute atomic E-state index is 13.1. The molecule has 112 valence electrons. The van der Waals surface area contributed by atoms with Crippen molar-refractivity contribution in [1.29, 1.82) is 0 Å². The highest BCUT2D eigenvalue weighted by Gasteiger charge is 2.46. The normalized spacial score (nSPS) is 16.2. The second kappa shape index (κ2) is 6.02. The molecule has 2 aromatic rings. The second-order valence-corrected chi connectivity index (χ2v) is 6.06. The molecular formula is C14H12F3O3P. The Morgan fingerprint density at radius 3 is 1.90 bits per heavy atom. The molecule has 21 heavy (non-hydrogen) atoms. The molecule has 0 fully saturated rings. The van der Waals surface area contributed by atoms with Gasteiger partial charge in [0.1, 0.15) is 0 Å². The van der Waals surface area contributed by atoms with Crippen molar-refractivity contribution in [1.82, 2.24) is 0 Å². The summed E-state index contributed by atoms with van der Waals surface area (Å²) in [6.07, 6.45) is -7.26. The van der Waals surface area contributed by atoms with Gasteiger partial charge in [0.15, 0.2) is 6.10 Å². The standard InChI is InChI=1S/C14H12F3O3P/c15-14(16,17)13(11-7-3-1-4-8-11)20-21(18,19)12-9-5-2-6-10-12/h1-10,13H,(H,18,19)/t13-/m1/s1. The summed E-state index contributed by atoms with van der Waals surface area (Å²) in [7, 11) is -4.58. The first kappa shape index (κ1) is 15.8. The fraction of sp³-hybridized carbons (Fsp3) is 0.143. The molecule has 3 nitrogen and oxygen atoms in total. The average Bonchev–Trinajstić information content (AvgIpc) is 2.46. The van der Waals surface area contributed by atoms with Crippen molar-refractivity contribution in [2.75, 3.05) is 0 Å². The highest BCUT2D eigenvalue weighted by Crippen LogP contribution is 2.50. The van der Waals surface area contributed by atoms with Gasteiger partial charge in [-0.25, -0.2) is 0 Å². The van der Waals surface area contributed by atoms with E-state index in [2.05, 4.69) is 4.52 Å². The van der Waals surface area contributed by atoms with Crippen LogP contribution in [0.2, 0.25) is 0 Å². The van der Waals surface area contributed by atoms with Crippen molar-refractivity contribution in [3.05, 3.63) is 66.2 Å². The lowest BCUT2D eigenvalue weighted by atomic mass is 10.1. The van der Waals surface area contributed by atoms with Crippen LogP contribution in [0.4, 0.5) is 13.2 Å². The molecular weight excluding hydrogens is 304 g/mol. The summed E-state index contributed by atoms with van der Waals surface area (Å²) in [6.45, 7) is 0. The van der Waals surface area contributed by atoms with Gasteiger partial charge in [0.25, 0.3) is 0 Å². The minimum absolute atomic E-state index is 0.185. The smallest absolute Gasteiger partial charge is 0.321 e. The van der Waals surface area contributed by atoms with E-state index >= 15 is 0 Å². The van der Waals surface area contributed by atoms with Crippen LogP contribution >= 0.6 is 7.60 Å². The summed E-state index contributed by atoms with van der Waals surface area (Å²) in [5, 5.41) is -0.185. The number of rotatable bonds is 4. The van der Waals surface area contributed by atoms with E-state index in [4.69, 9.17) is 0 Å². The fourth-order valence-electron chi connectivity index (χ4n) is 1.76. The third kappa shape index (κ3) is 3.94. The molecule has 0 saturated heterocycles. The van der Waals surface area contributed by atoms with Gasteiger partial charge in [0, 0.05) is 0 Å². The van der Waals surface area contributed by atoms with Crippen LogP contribution in [0, 0.1) is 0 Å². The molecule has 2 atom stereocenters. The Labute approximate surface area is 119 Å². The first-order valence-electron chi connectivity index (χ1n) is 5.99. The largest absolute Gasteiger partial charge is 0.419 e. The number of hydrogen-bond acceptors (Lipinski definition) is 2. The monoisotopic (exact) mass is 316 g/mol. The van der Waals surface area contributed by atoms with Crippen molar-refractivity contribution in [2.45, 2.75) is 12.3 Å². The third-order valence-corrected chi connectivity index (χ3v) is 4.18. The Hall–Kier alpha value is -1.62. The Morgan fingerprint density at radius 2 is 1.43 bits per heavy atom. The Morgan fingerprint density at radius 1 is 0.952 bits per heavy atom. The van der Waals surface area contributed by atoms with E-state index in [1.165, 1.54) is 48.5 Å². The molecule has 1 N–H and O–H groups in total. The molecule has 0 radical (unpaired) electrons. The lowest BCUT2D eigenvalue weighted by molar-refractivity contribution is -0.199. The minimum Gasteiger partial charge on any atom is -0.321 e. The van der Waals surface area contributed by atoms with E-state index in [0.29, 0.717) is 0 Å². The predicted molar refractivity (Wildman–Crippen MR) is 72.2 cm³/mol. The van der Waals surface area contributed by atoms with E-state index in [-0.39, 0.29) is 10.9 Å². The van der Waals surface area contributed by atoms with E-state index < -0.39 is 19.9 Å². The zero-order chi connectivity index (χ0) is 15.5. The molecule has 7 heteroatoms. The molecule has 0 bridgehead atoms. The zero-order valence-corrected chi connectivity index (χ0v) is 11.6. The summed E-state index contributed by atoms with van der Waals surface area (Å²) < 4.78 is 55.9. The van der Waals surface area contributed by atoms with E-state index in [0.717, 1.165) is 0 Å². The van der Waals surface area contributed by atoms with Crippen molar-refractivity contribution < 1.29 is 27.2 Å². The van der Waals surface area contributed by atoms with Gasteiger partial charge < -0.3 is 4.89 Å². The Balaban J connectivity index is 2.35. The molecule has 2 rings (SSSR count). The van der Waals surface area contributed by atoms with E-state index in [1.807, 2.05) is 0 Å². The summed E-state index contributed by atoms with van der Waals surface area (Å²) in [5.41, 5.74) is -0.227. The lowest BCUT2D eigenvalue weighted by Crippen LogP contribution is -2.24. The van der Waals surface area contributed by atoms with Gasteiger partial charge in [-0.1, -0.05) is 48.5 Å². The van der Waals surface area contributed by atoms with Gasteiger partial charge in [-0.2, -0.15) is 13.2 Å². The van der Waals surface area contributed by atoms with Gasteiger partial charge >= 0.3 is 13.8 Å². The first-order valence-corrected chi connectivity index (χ1v) is 7.57. The topological polar surface area (TPSA) is 46.5 Å². The van der Waals surface area contributed by atoms with Crippen LogP contribution in [0.25, 0.3) is 0 Å². The molecule has 2 aromatic carbocycles. The SMILES string of the molecule is O=P(O)(O[C@H](c1ccccc1)C(F)(F)F)c1ccccc1. The quantitative estimate of drug-likeness (QED) is 0.872.